The first kappa shape index (κ1) is 19.7. The highest BCUT2D eigenvalue weighted by Gasteiger charge is 2.31. The number of methoxy groups -OCH3 is 1. The third-order valence-corrected chi connectivity index (χ3v) is 4.59. The van der Waals surface area contributed by atoms with E-state index in [4.69, 9.17) is 16.3 Å². The van der Waals surface area contributed by atoms with Gasteiger partial charge in [0.1, 0.15) is 6.04 Å². The van der Waals surface area contributed by atoms with Crippen LogP contribution in [0.1, 0.15) is 44.7 Å². The minimum atomic E-state index is -0.528. The van der Waals surface area contributed by atoms with Gasteiger partial charge >= 0.3 is 5.97 Å². The van der Waals surface area contributed by atoms with Crippen LogP contribution in [0.4, 0.5) is 0 Å². The van der Waals surface area contributed by atoms with E-state index < -0.39 is 12.0 Å². The van der Waals surface area contributed by atoms with Gasteiger partial charge < -0.3 is 10.1 Å². The Labute approximate surface area is 153 Å². The number of benzene rings is 1. The van der Waals surface area contributed by atoms with E-state index in [1.165, 1.54) is 7.11 Å². The smallest absolute Gasteiger partial charge is 0.307 e. The average Bonchev–Trinajstić information content (AvgIpc) is 3.02. The fourth-order valence-electron chi connectivity index (χ4n) is 3.04. The molecule has 1 aliphatic rings. The minimum absolute atomic E-state index is 0.0293. The predicted octanol–water partition coefficient (Wildman–Crippen LogP) is 2.34. The summed E-state index contributed by atoms with van der Waals surface area (Å²) in [6.45, 7) is 4.30. The third-order valence-electron chi connectivity index (χ3n) is 4.25. The molecule has 1 heterocycles. The summed E-state index contributed by atoms with van der Waals surface area (Å²) in [7, 11) is 1.33. The molecule has 138 valence electrons. The van der Waals surface area contributed by atoms with Crippen LogP contribution in [0.25, 0.3) is 0 Å². The Morgan fingerprint density at radius 2 is 2.04 bits per heavy atom. The van der Waals surface area contributed by atoms with Crippen molar-refractivity contribution in [2.75, 3.05) is 7.11 Å². The molecule has 1 aromatic rings. The standard InChI is InChI=1S/C18H26ClN3O3/c1-11(2)8-12-9-16(22-21-12)18(24)20-15(10-17(23)25-3)13-6-4-5-7-14(13)19/h4-7,11-12,15-16,21-22H,8-10H2,1-3H3,(H,20,24). The van der Waals surface area contributed by atoms with Crippen molar-refractivity contribution in [3.8, 4) is 0 Å². The Hall–Kier alpha value is -1.63. The summed E-state index contributed by atoms with van der Waals surface area (Å²) < 4.78 is 4.75. The van der Waals surface area contributed by atoms with Gasteiger partial charge in [0.05, 0.1) is 19.6 Å². The zero-order chi connectivity index (χ0) is 18.4. The Balaban J connectivity index is 2.05. The molecule has 1 fully saturated rings. The largest absolute Gasteiger partial charge is 0.469 e. The number of halogens is 1. The van der Waals surface area contributed by atoms with E-state index >= 15 is 0 Å². The number of hydrogen-bond acceptors (Lipinski definition) is 5. The molecule has 3 atom stereocenters. The summed E-state index contributed by atoms with van der Waals surface area (Å²) in [4.78, 5) is 24.4. The molecule has 0 aliphatic carbocycles. The van der Waals surface area contributed by atoms with E-state index in [0.717, 1.165) is 6.42 Å². The van der Waals surface area contributed by atoms with Gasteiger partial charge in [0.15, 0.2) is 0 Å². The lowest BCUT2D eigenvalue weighted by Crippen LogP contribution is -2.45. The summed E-state index contributed by atoms with van der Waals surface area (Å²) in [6, 6.07) is 6.56. The quantitative estimate of drug-likeness (QED) is 0.645. The number of hydrogen-bond donors (Lipinski definition) is 3. The van der Waals surface area contributed by atoms with E-state index in [2.05, 4.69) is 30.0 Å². The number of hydrazine groups is 1. The Bertz CT molecular complexity index is 609. The Morgan fingerprint density at radius 3 is 2.68 bits per heavy atom. The summed E-state index contributed by atoms with van der Waals surface area (Å²) in [6.07, 6.45) is 1.73. The second-order valence-electron chi connectivity index (χ2n) is 6.77. The van der Waals surface area contributed by atoms with Gasteiger partial charge in [0, 0.05) is 11.1 Å². The average molecular weight is 368 g/mol. The molecule has 1 amide bonds. The van der Waals surface area contributed by atoms with Crippen molar-refractivity contribution >= 4 is 23.5 Å². The highest BCUT2D eigenvalue weighted by Crippen LogP contribution is 2.26. The zero-order valence-electron chi connectivity index (χ0n) is 14.8. The van der Waals surface area contributed by atoms with E-state index in [1.807, 2.05) is 12.1 Å². The highest BCUT2D eigenvalue weighted by atomic mass is 35.5. The van der Waals surface area contributed by atoms with Crippen molar-refractivity contribution in [1.29, 1.82) is 0 Å². The molecule has 3 N–H and O–H groups in total. The van der Waals surface area contributed by atoms with Gasteiger partial charge in [0.25, 0.3) is 0 Å². The number of carbonyl (C=O) groups excluding carboxylic acids is 2. The molecular formula is C18H26ClN3O3. The lowest BCUT2D eigenvalue weighted by molar-refractivity contribution is -0.141. The van der Waals surface area contributed by atoms with Gasteiger partial charge in [0.2, 0.25) is 5.91 Å². The van der Waals surface area contributed by atoms with E-state index in [0.29, 0.717) is 22.9 Å². The van der Waals surface area contributed by atoms with Gasteiger partial charge in [-0.1, -0.05) is 43.6 Å². The summed E-state index contributed by atoms with van der Waals surface area (Å²) in [5, 5.41) is 3.43. The molecule has 25 heavy (non-hydrogen) atoms. The van der Waals surface area contributed by atoms with Gasteiger partial charge in [-0.3, -0.25) is 15.0 Å². The second kappa shape index (κ2) is 9.17. The number of amides is 1. The van der Waals surface area contributed by atoms with E-state index in [9.17, 15) is 9.59 Å². The van der Waals surface area contributed by atoms with Gasteiger partial charge in [-0.25, -0.2) is 5.43 Å². The van der Waals surface area contributed by atoms with Crippen molar-refractivity contribution in [3.05, 3.63) is 34.9 Å². The van der Waals surface area contributed by atoms with Crippen molar-refractivity contribution < 1.29 is 14.3 Å². The number of carbonyl (C=O) groups is 2. The predicted molar refractivity (Wildman–Crippen MR) is 96.9 cm³/mol. The monoisotopic (exact) mass is 367 g/mol. The van der Waals surface area contributed by atoms with E-state index in [-0.39, 0.29) is 24.4 Å². The first-order valence-corrected chi connectivity index (χ1v) is 8.91. The molecule has 1 aliphatic heterocycles. The Morgan fingerprint density at radius 1 is 1.32 bits per heavy atom. The topological polar surface area (TPSA) is 79.5 Å². The molecule has 1 saturated heterocycles. The SMILES string of the molecule is COC(=O)CC(NC(=O)C1CC(CC(C)C)NN1)c1ccccc1Cl. The second-order valence-corrected chi connectivity index (χ2v) is 7.17. The van der Waals surface area contributed by atoms with Crippen LogP contribution in [0, 0.1) is 5.92 Å². The first-order chi connectivity index (χ1) is 11.9. The molecule has 0 spiro atoms. The van der Waals surface area contributed by atoms with Crippen molar-refractivity contribution in [2.45, 2.75) is 51.2 Å². The van der Waals surface area contributed by atoms with Gasteiger partial charge in [-0.05, 0) is 30.4 Å². The summed E-state index contributed by atoms with van der Waals surface area (Å²) >= 11 is 6.24. The van der Waals surface area contributed by atoms with Crippen LogP contribution in [0.15, 0.2) is 24.3 Å². The number of esters is 1. The lowest BCUT2D eigenvalue weighted by Gasteiger charge is -2.21. The molecular weight excluding hydrogens is 342 g/mol. The third kappa shape index (κ3) is 5.70. The normalized spacial score (nSPS) is 21.2. The molecule has 0 aromatic heterocycles. The minimum Gasteiger partial charge on any atom is -0.469 e. The van der Waals surface area contributed by atoms with Crippen LogP contribution in [0.3, 0.4) is 0 Å². The molecule has 0 saturated carbocycles. The van der Waals surface area contributed by atoms with Crippen molar-refractivity contribution in [2.24, 2.45) is 5.92 Å². The zero-order valence-corrected chi connectivity index (χ0v) is 15.6. The molecule has 0 bridgehead atoms. The molecule has 7 heteroatoms. The molecule has 6 nitrogen and oxygen atoms in total. The summed E-state index contributed by atoms with van der Waals surface area (Å²) in [5.74, 6) is -0.00991. The molecule has 0 radical (unpaired) electrons. The van der Waals surface area contributed by atoms with Crippen LogP contribution >= 0.6 is 11.6 Å². The van der Waals surface area contributed by atoms with Crippen LogP contribution in [-0.4, -0.2) is 31.1 Å². The number of ether oxygens (including phenoxy) is 1. The van der Waals surface area contributed by atoms with Crippen molar-refractivity contribution in [3.63, 3.8) is 0 Å². The fourth-order valence-corrected chi connectivity index (χ4v) is 3.30. The van der Waals surface area contributed by atoms with Gasteiger partial charge in [-0.15, -0.1) is 0 Å². The number of nitrogens with one attached hydrogen (secondary N) is 3. The van der Waals surface area contributed by atoms with Crippen LogP contribution < -0.4 is 16.2 Å². The highest BCUT2D eigenvalue weighted by molar-refractivity contribution is 6.31. The lowest BCUT2D eigenvalue weighted by atomic mass is 9.99. The summed E-state index contributed by atoms with van der Waals surface area (Å²) in [5.41, 5.74) is 6.91. The van der Waals surface area contributed by atoms with Crippen LogP contribution in [-0.2, 0) is 14.3 Å². The molecule has 3 unspecified atom stereocenters. The molecule has 1 aromatic carbocycles. The van der Waals surface area contributed by atoms with Gasteiger partial charge in [-0.2, -0.15) is 0 Å². The maximum absolute atomic E-state index is 12.6. The van der Waals surface area contributed by atoms with Crippen LogP contribution in [0.2, 0.25) is 5.02 Å². The van der Waals surface area contributed by atoms with Crippen LogP contribution in [0.5, 0.6) is 0 Å². The van der Waals surface area contributed by atoms with Crippen molar-refractivity contribution in [1.82, 2.24) is 16.2 Å². The first-order valence-electron chi connectivity index (χ1n) is 8.53. The fraction of sp³-hybridized carbons (Fsp3) is 0.556. The maximum Gasteiger partial charge on any atom is 0.307 e. The Kier molecular flexibility index (Phi) is 7.23. The van der Waals surface area contributed by atoms with E-state index in [1.54, 1.807) is 12.1 Å². The number of rotatable bonds is 7. The maximum atomic E-state index is 12.6. The molecule has 2 rings (SSSR count).